The topological polar surface area (TPSA) is 100 Å². The van der Waals surface area contributed by atoms with E-state index in [0.29, 0.717) is 52.6 Å². The highest BCUT2D eigenvalue weighted by atomic mass is 16.5. The first-order valence-electron chi connectivity index (χ1n) is 11.1. The highest BCUT2D eigenvalue weighted by molar-refractivity contribution is 6.12. The van der Waals surface area contributed by atoms with Gasteiger partial charge in [-0.25, -0.2) is 4.79 Å². The highest BCUT2D eigenvalue weighted by Crippen LogP contribution is 2.46. The van der Waals surface area contributed by atoms with E-state index in [1.54, 1.807) is 32.0 Å². The molecule has 1 heterocycles. The van der Waals surface area contributed by atoms with Crippen LogP contribution in [0, 0.1) is 11.8 Å². The summed E-state index contributed by atoms with van der Waals surface area (Å²) < 4.78 is 21.4. The lowest BCUT2D eigenvalue weighted by Crippen LogP contribution is -2.43. The third kappa shape index (κ3) is 4.47. The van der Waals surface area contributed by atoms with Gasteiger partial charge >= 0.3 is 11.9 Å². The summed E-state index contributed by atoms with van der Waals surface area (Å²) in [5.41, 5.74) is 2.69. The Kier molecular flexibility index (Phi) is 7.46. The van der Waals surface area contributed by atoms with Crippen LogP contribution in [0.25, 0.3) is 0 Å². The molecule has 1 aliphatic carbocycles. The second-order valence-corrected chi connectivity index (χ2v) is 8.10. The van der Waals surface area contributed by atoms with Crippen LogP contribution in [0.15, 0.2) is 40.7 Å². The number of nitrogens with one attached hydrogen (secondary N) is 1. The minimum atomic E-state index is -0.940. The van der Waals surface area contributed by atoms with E-state index in [1.165, 1.54) is 14.2 Å². The van der Waals surface area contributed by atoms with Crippen LogP contribution >= 0.6 is 0 Å². The van der Waals surface area contributed by atoms with Crippen LogP contribution in [0.4, 0.5) is 0 Å². The lowest BCUT2D eigenvalue weighted by Gasteiger charge is -2.38. The Balaban J connectivity index is 2.21. The third-order valence-corrected chi connectivity index (χ3v) is 6.06. The first-order chi connectivity index (χ1) is 15.8. The van der Waals surface area contributed by atoms with Gasteiger partial charge in [-0.05, 0) is 50.8 Å². The number of carbonyl (C=O) groups excluding carboxylic acids is 3. The second kappa shape index (κ2) is 10.1. The molecular formula is C25H31NO7. The molecule has 0 bridgehead atoms. The number of hydrogen-bond donors (Lipinski definition) is 1. The molecule has 0 amide bonds. The Hall–Kier alpha value is -3.29. The van der Waals surface area contributed by atoms with E-state index < -0.39 is 23.8 Å². The molecule has 0 fully saturated rings. The Morgan fingerprint density at radius 2 is 1.85 bits per heavy atom. The number of hydrogen-bond acceptors (Lipinski definition) is 8. The molecule has 3 atom stereocenters. The van der Waals surface area contributed by atoms with Crippen LogP contribution < -0.4 is 14.8 Å². The minimum absolute atomic E-state index is 0.191. The SMILES string of the molecule is CCOC(=O)C1=C(C)NC2=C(C(=O)[C@H](C(=O)OC)[C@H](C)C2)[C@@H]1c1ccc(OCC)c(OC)c1. The molecule has 3 rings (SSSR count). The van der Waals surface area contributed by atoms with E-state index in [-0.39, 0.29) is 18.3 Å². The van der Waals surface area contributed by atoms with Crippen LogP contribution in [0.5, 0.6) is 11.5 Å². The zero-order valence-corrected chi connectivity index (χ0v) is 19.9. The number of carbonyl (C=O) groups is 3. The number of rotatable bonds is 7. The summed E-state index contributed by atoms with van der Waals surface area (Å²) >= 11 is 0. The number of methoxy groups -OCH3 is 2. The predicted octanol–water partition coefficient (Wildman–Crippen LogP) is 3.27. The number of ether oxygens (including phenoxy) is 4. The van der Waals surface area contributed by atoms with Crippen molar-refractivity contribution in [3.05, 3.63) is 46.3 Å². The number of dihydropyridines is 1. The van der Waals surface area contributed by atoms with Crippen LogP contribution in [0.3, 0.4) is 0 Å². The zero-order valence-electron chi connectivity index (χ0n) is 19.9. The normalized spacial score (nSPS) is 22.4. The van der Waals surface area contributed by atoms with Crippen molar-refractivity contribution in [3.8, 4) is 11.5 Å². The van der Waals surface area contributed by atoms with Crippen molar-refractivity contribution in [1.82, 2.24) is 5.32 Å². The van der Waals surface area contributed by atoms with E-state index in [2.05, 4.69) is 5.32 Å². The largest absolute Gasteiger partial charge is 0.493 e. The molecule has 0 aromatic heterocycles. The van der Waals surface area contributed by atoms with Crippen LogP contribution in [0.2, 0.25) is 0 Å². The standard InChI is InChI=1S/C25H31NO7/c1-7-32-17-10-9-15(12-18(17)30-5)21-20(25(29)33-8-2)14(4)26-16-11-13(3)19(24(28)31-6)23(27)22(16)21/h9-10,12-13,19,21,26H,7-8,11H2,1-6H3/t13-,19-,21-/m1/s1. The summed E-state index contributed by atoms with van der Waals surface area (Å²) in [6.45, 7) is 7.89. The molecule has 8 heteroatoms. The molecule has 0 saturated carbocycles. The lowest BCUT2D eigenvalue weighted by atomic mass is 9.69. The van der Waals surface area contributed by atoms with Gasteiger partial charge in [-0.2, -0.15) is 0 Å². The first kappa shape index (κ1) is 24.4. The maximum absolute atomic E-state index is 13.7. The van der Waals surface area contributed by atoms with Crippen molar-refractivity contribution in [2.75, 3.05) is 27.4 Å². The molecule has 1 aliphatic heterocycles. The highest BCUT2D eigenvalue weighted by Gasteiger charge is 2.47. The van der Waals surface area contributed by atoms with Crippen molar-refractivity contribution < 1.29 is 33.3 Å². The van der Waals surface area contributed by atoms with Gasteiger partial charge in [0.2, 0.25) is 0 Å². The molecule has 0 saturated heterocycles. The van der Waals surface area contributed by atoms with E-state index in [0.717, 1.165) is 0 Å². The molecule has 1 aromatic rings. The van der Waals surface area contributed by atoms with Gasteiger partial charge in [0.15, 0.2) is 17.3 Å². The first-order valence-corrected chi connectivity index (χ1v) is 11.1. The molecular weight excluding hydrogens is 426 g/mol. The lowest BCUT2D eigenvalue weighted by molar-refractivity contribution is -0.151. The van der Waals surface area contributed by atoms with E-state index in [1.807, 2.05) is 13.8 Å². The monoisotopic (exact) mass is 457 g/mol. The number of ketones is 1. The fourth-order valence-electron chi connectivity index (χ4n) is 4.63. The molecule has 2 aliphatic rings. The zero-order chi connectivity index (χ0) is 24.3. The van der Waals surface area contributed by atoms with Gasteiger partial charge < -0.3 is 24.3 Å². The molecule has 1 N–H and O–H groups in total. The van der Waals surface area contributed by atoms with Crippen molar-refractivity contribution in [1.29, 1.82) is 0 Å². The number of esters is 2. The summed E-state index contributed by atoms with van der Waals surface area (Å²) in [6, 6.07) is 5.32. The van der Waals surface area contributed by atoms with E-state index in [4.69, 9.17) is 18.9 Å². The number of allylic oxidation sites excluding steroid dienone is 3. The van der Waals surface area contributed by atoms with Gasteiger partial charge in [-0.15, -0.1) is 0 Å². The van der Waals surface area contributed by atoms with Crippen LogP contribution in [-0.2, 0) is 23.9 Å². The maximum atomic E-state index is 13.7. The average Bonchev–Trinajstić information content (AvgIpc) is 2.78. The smallest absolute Gasteiger partial charge is 0.336 e. The third-order valence-electron chi connectivity index (χ3n) is 6.06. The fourth-order valence-corrected chi connectivity index (χ4v) is 4.63. The van der Waals surface area contributed by atoms with Gasteiger partial charge in [0, 0.05) is 22.9 Å². The van der Waals surface area contributed by atoms with E-state index >= 15 is 0 Å². The fraction of sp³-hybridized carbons (Fsp3) is 0.480. The van der Waals surface area contributed by atoms with Gasteiger partial charge in [-0.1, -0.05) is 13.0 Å². The Bertz CT molecular complexity index is 1020. The molecule has 0 spiro atoms. The minimum Gasteiger partial charge on any atom is -0.493 e. The van der Waals surface area contributed by atoms with Gasteiger partial charge in [-0.3, -0.25) is 9.59 Å². The molecule has 178 valence electrons. The Morgan fingerprint density at radius 1 is 1.12 bits per heavy atom. The van der Waals surface area contributed by atoms with Gasteiger partial charge in [0.05, 0.1) is 33.0 Å². The second-order valence-electron chi connectivity index (χ2n) is 8.10. The van der Waals surface area contributed by atoms with Crippen molar-refractivity contribution in [3.63, 3.8) is 0 Å². The number of Topliss-reactive ketones (excluding diaryl/α,β-unsaturated/α-hetero) is 1. The summed E-state index contributed by atoms with van der Waals surface area (Å²) in [5.74, 6) is -2.32. The Morgan fingerprint density at radius 3 is 2.45 bits per heavy atom. The van der Waals surface area contributed by atoms with Gasteiger partial charge in [0.1, 0.15) is 5.92 Å². The molecule has 0 radical (unpaired) electrons. The molecule has 8 nitrogen and oxygen atoms in total. The summed E-state index contributed by atoms with van der Waals surface area (Å²) in [6.07, 6.45) is 0.471. The summed E-state index contributed by atoms with van der Waals surface area (Å²) in [4.78, 5) is 39.2. The molecule has 33 heavy (non-hydrogen) atoms. The number of benzene rings is 1. The molecule has 1 aromatic carbocycles. The van der Waals surface area contributed by atoms with Crippen LogP contribution in [0.1, 0.15) is 45.6 Å². The van der Waals surface area contributed by atoms with Crippen molar-refractivity contribution >= 4 is 17.7 Å². The Labute approximate surface area is 193 Å². The summed E-state index contributed by atoms with van der Waals surface area (Å²) in [7, 11) is 2.80. The summed E-state index contributed by atoms with van der Waals surface area (Å²) in [5, 5.41) is 3.24. The van der Waals surface area contributed by atoms with Crippen molar-refractivity contribution in [2.45, 2.75) is 40.0 Å². The maximum Gasteiger partial charge on any atom is 0.336 e. The molecule has 0 unspecified atom stereocenters. The van der Waals surface area contributed by atoms with Crippen molar-refractivity contribution in [2.24, 2.45) is 11.8 Å². The van der Waals surface area contributed by atoms with E-state index in [9.17, 15) is 14.4 Å². The van der Waals surface area contributed by atoms with Crippen LogP contribution in [-0.4, -0.2) is 45.2 Å². The predicted molar refractivity (Wildman–Crippen MR) is 121 cm³/mol. The van der Waals surface area contributed by atoms with Gasteiger partial charge in [0.25, 0.3) is 0 Å². The average molecular weight is 458 g/mol. The quantitative estimate of drug-likeness (QED) is 0.492.